The first kappa shape index (κ1) is 30.0. The molecule has 0 amide bonds. The Balaban J connectivity index is -0.000000602. The van der Waals surface area contributed by atoms with E-state index in [1.165, 1.54) is 13.8 Å². The van der Waals surface area contributed by atoms with Crippen LogP contribution in [0.15, 0.2) is 0 Å². The fourth-order valence-corrected chi connectivity index (χ4v) is 2.01. The van der Waals surface area contributed by atoms with Crippen LogP contribution >= 0.6 is 7.82 Å². The second-order valence-electron chi connectivity index (χ2n) is 3.58. The van der Waals surface area contributed by atoms with E-state index in [0.29, 0.717) is 0 Å². The van der Waals surface area contributed by atoms with Gasteiger partial charge in [0.1, 0.15) is 6.61 Å². The average Bonchev–Trinajstić information content (AvgIpc) is 2.39. The van der Waals surface area contributed by atoms with Gasteiger partial charge in [-0.15, -0.1) is 0 Å². The molecule has 0 spiro atoms. The number of nitrogens with two attached hydrogens (primary N) is 1. The number of hydrogen-bond acceptors (Lipinski definition) is 9. The summed E-state index contributed by atoms with van der Waals surface area (Å²) in [7, 11) is -2.63. The maximum absolute atomic E-state index is 11.9. The van der Waals surface area contributed by atoms with Crippen molar-refractivity contribution in [3.63, 3.8) is 0 Å². The maximum Gasteiger partial charge on any atom is 0.474 e. The van der Waals surface area contributed by atoms with Crippen molar-refractivity contribution >= 4 is 19.8 Å². The monoisotopic (exact) mass is 361 g/mol. The number of phosphoric acid groups is 1. The summed E-state index contributed by atoms with van der Waals surface area (Å²) in [5.74, 6) is -1.14. The topological polar surface area (TPSA) is 123 Å². The maximum atomic E-state index is 11.9. The standard InChI is InChI=1S/C10H20NO8P.3CH4/c1-8(12)16-6-10(19-9(2)13)7-18-20(14,15-3)17-5-4-11;;;/h10H,4-7,11H2,1-3H3;3*1H4. The van der Waals surface area contributed by atoms with E-state index >= 15 is 0 Å². The zero-order chi connectivity index (χ0) is 15.6. The van der Waals surface area contributed by atoms with Gasteiger partial charge < -0.3 is 15.2 Å². The number of carbonyl (C=O) groups is 2. The van der Waals surface area contributed by atoms with Gasteiger partial charge in [0, 0.05) is 27.5 Å². The van der Waals surface area contributed by atoms with E-state index in [2.05, 4.69) is 4.52 Å². The number of esters is 2. The fraction of sp³-hybridized carbons (Fsp3) is 0.846. The third-order valence-corrected chi connectivity index (χ3v) is 3.23. The fourth-order valence-electron chi connectivity index (χ4n) is 1.04. The minimum absolute atomic E-state index is 0. The summed E-state index contributed by atoms with van der Waals surface area (Å²) in [6.45, 7) is 1.96. The summed E-state index contributed by atoms with van der Waals surface area (Å²) >= 11 is 0. The third-order valence-electron chi connectivity index (χ3n) is 1.81. The van der Waals surface area contributed by atoms with Gasteiger partial charge in [-0.25, -0.2) is 4.57 Å². The van der Waals surface area contributed by atoms with Crippen LogP contribution in [0.4, 0.5) is 0 Å². The first-order valence-corrected chi connectivity index (χ1v) is 7.24. The molecule has 142 valence electrons. The van der Waals surface area contributed by atoms with E-state index in [1.54, 1.807) is 0 Å². The lowest BCUT2D eigenvalue weighted by Gasteiger charge is -2.20. The molecule has 0 saturated carbocycles. The van der Waals surface area contributed by atoms with Gasteiger partial charge in [0.2, 0.25) is 0 Å². The zero-order valence-electron chi connectivity index (χ0n) is 11.7. The molecule has 0 aliphatic carbocycles. The molecule has 0 rings (SSSR count). The van der Waals surface area contributed by atoms with Gasteiger partial charge >= 0.3 is 19.8 Å². The number of phosphoric ester groups is 1. The molecule has 23 heavy (non-hydrogen) atoms. The van der Waals surface area contributed by atoms with Gasteiger partial charge in [-0.3, -0.25) is 23.2 Å². The number of hydrogen-bond donors (Lipinski definition) is 1. The summed E-state index contributed by atoms with van der Waals surface area (Å²) in [6, 6.07) is 0. The van der Waals surface area contributed by atoms with Gasteiger partial charge in [0.05, 0.1) is 13.2 Å². The van der Waals surface area contributed by atoms with Crippen LogP contribution in [-0.2, 0) is 37.2 Å². The normalized spacial score (nSPS) is 13.2. The molecular formula is C13H32NO8P. The summed E-state index contributed by atoms with van der Waals surface area (Å²) < 4.78 is 35.9. The summed E-state index contributed by atoms with van der Waals surface area (Å²) in [4.78, 5) is 21.6. The van der Waals surface area contributed by atoms with E-state index in [-0.39, 0.29) is 48.6 Å². The quantitative estimate of drug-likeness (QED) is 0.460. The SMILES string of the molecule is C.C.C.COP(=O)(OCCN)OCC(COC(C)=O)OC(C)=O. The van der Waals surface area contributed by atoms with Gasteiger partial charge in [0.15, 0.2) is 6.10 Å². The lowest BCUT2D eigenvalue weighted by Crippen LogP contribution is -2.28. The second kappa shape index (κ2) is 15.9. The third kappa shape index (κ3) is 15.7. The van der Waals surface area contributed by atoms with Crippen molar-refractivity contribution in [1.29, 1.82) is 0 Å². The first-order valence-electron chi connectivity index (χ1n) is 5.78. The van der Waals surface area contributed by atoms with Gasteiger partial charge in [-0.2, -0.15) is 0 Å². The Labute approximate surface area is 139 Å². The van der Waals surface area contributed by atoms with Crippen LogP contribution in [0, 0.1) is 0 Å². The number of rotatable bonds is 10. The van der Waals surface area contributed by atoms with Crippen molar-refractivity contribution in [2.24, 2.45) is 5.73 Å². The molecule has 0 saturated heterocycles. The minimum Gasteiger partial charge on any atom is -0.462 e. The molecule has 0 bridgehead atoms. The molecule has 2 N–H and O–H groups in total. The Kier molecular flexibility index (Phi) is 20.7. The smallest absolute Gasteiger partial charge is 0.462 e. The van der Waals surface area contributed by atoms with Gasteiger partial charge in [-0.05, 0) is 0 Å². The van der Waals surface area contributed by atoms with Crippen LogP contribution in [0.2, 0.25) is 0 Å². The highest BCUT2D eigenvalue weighted by atomic mass is 31.2. The average molecular weight is 361 g/mol. The van der Waals surface area contributed by atoms with Crippen molar-refractivity contribution < 1.29 is 37.2 Å². The zero-order valence-corrected chi connectivity index (χ0v) is 12.6. The van der Waals surface area contributed by atoms with Crippen LogP contribution in [0.1, 0.15) is 36.1 Å². The van der Waals surface area contributed by atoms with Crippen LogP contribution in [-0.4, -0.2) is 51.5 Å². The molecule has 0 heterocycles. The van der Waals surface area contributed by atoms with Crippen molar-refractivity contribution in [2.45, 2.75) is 42.2 Å². The Bertz CT molecular complexity index is 364. The molecule has 0 radical (unpaired) electrons. The van der Waals surface area contributed by atoms with Crippen LogP contribution in [0.25, 0.3) is 0 Å². The molecular weight excluding hydrogens is 329 g/mol. The summed E-state index contributed by atoms with van der Waals surface area (Å²) in [5.41, 5.74) is 5.21. The molecule has 0 aromatic heterocycles. The Morgan fingerprint density at radius 1 is 1.04 bits per heavy atom. The highest BCUT2D eigenvalue weighted by Crippen LogP contribution is 2.48. The van der Waals surface area contributed by atoms with Crippen molar-refractivity contribution in [3.8, 4) is 0 Å². The van der Waals surface area contributed by atoms with E-state index < -0.39 is 25.9 Å². The van der Waals surface area contributed by atoms with Crippen LogP contribution in [0.5, 0.6) is 0 Å². The predicted molar refractivity (Wildman–Crippen MR) is 88.0 cm³/mol. The minimum atomic E-state index is -3.77. The van der Waals surface area contributed by atoms with Gasteiger partial charge in [-0.1, -0.05) is 22.3 Å². The van der Waals surface area contributed by atoms with Crippen LogP contribution < -0.4 is 5.73 Å². The van der Waals surface area contributed by atoms with E-state index in [1.807, 2.05) is 0 Å². The van der Waals surface area contributed by atoms with Crippen molar-refractivity contribution in [3.05, 3.63) is 0 Å². The van der Waals surface area contributed by atoms with E-state index in [4.69, 9.17) is 24.3 Å². The molecule has 0 aromatic rings. The largest absolute Gasteiger partial charge is 0.474 e. The lowest BCUT2D eigenvalue weighted by atomic mass is 10.4. The molecule has 0 fully saturated rings. The molecule has 0 aliphatic rings. The molecule has 9 nitrogen and oxygen atoms in total. The summed E-state index contributed by atoms with van der Waals surface area (Å²) in [6.07, 6.45) is -0.915. The molecule has 2 atom stereocenters. The highest BCUT2D eigenvalue weighted by Gasteiger charge is 2.27. The Morgan fingerprint density at radius 3 is 2.00 bits per heavy atom. The number of ether oxygens (including phenoxy) is 2. The lowest BCUT2D eigenvalue weighted by molar-refractivity contribution is -0.158. The van der Waals surface area contributed by atoms with Crippen LogP contribution in [0.3, 0.4) is 0 Å². The van der Waals surface area contributed by atoms with Crippen molar-refractivity contribution in [1.82, 2.24) is 0 Å². The predicted octanol–water partition coefficient (Wildman–Crippen LogP) is 2.14. The highest BCUT2D eigenvalue weighted by molar-refractivity contribution is 7.48. The number of carbonyl (C=O) groups excluding carboxylic acids is 2. The second-order valence-corrected chi connectivity index (χ2v) is 5.36. The Hall–Kier alpha value is -0.990. The molecule has 0 aliphatic heterocycles. The molecule has 10 heteroatoms. The molecule has 2 unspecified atom stereocenters. The molecule has 0 aromatic carbocycles. The first-order chi connectivity index (χ1) is 9.33. The van der Waals surface area contributed by atoms with Crippen molar-refractivity contribution in [2.75, 3.05) is 33.5 Å². The Morgan fingerprint density at radius 2 is 1.61 bits per heavy atom. The van der Waals surface area contributed by atoms with E-state index in [9.17, 15) is 14.2 Å². The summed E-state index contributed by atoms with van der Waals surface area (Å²) in [5, 5.41) is 0. The van der Waals surface area contributed by atoms with Gasteiger partial charge in [0.25, 0.3) is 0 Å². The van der Waals surface area contributed by atoms with E-state index in [0.717, 1.165) is 7.11 Å².